The van der Waals surface area contributed by atoms with Gasteiger partial charge in [0.05, 0.1) is 5.92 Å². The molecule has 0 aliphatic rings. The molecule has 4 N–H and O–H groups in total. The maximum atomic E-state index is 11.0. The Hall–Kier alpha value is -1.88. The number of nitrogens with one attached hydrogen (secondary N) is 1. The van der Waals surface area contributed by atoms with Crippen LogP contribution in [0.25, 0.3) is 11.0 Å². The number of pyridine rings is 1. The lowest BCUT2D eigenvalue weighted by Crippen LogP contribution is -2.20. The lowest BCUT2D eigenvalue weighted by molar-refractivity contribution is -0.138. The van der Waals surface area contributed by atoms with E-state index in [0.29, 0.717) is 11.2 Å². The molecule has 15 heavy (non-hydrogen) atoms. The van der Waals surface area contributed by atoms with Crippen LogP contribution in [-0.2, 0) is 4.79 Å². The van der Waals surface area contributed by atoms with Gasteiger partial charge in [-0.3, -0.25) is 4.79 Å². The summed E-state index contributed by atoms with van der Waals surface area (Å²) in [5.41, 5.74) is 6.82. The second-order valence-electron chi connectivity index (χ2n) is 3.27. The number of nitrogens with two attached hydrogens (primary N) is 1. The fraction of sp³-hybridized carbons (Fsp3) is 0.200. The van der Waals surface area contributed by atoms with Gasteiger partial charge in [-0.15, -0.1) is 0 Å². The van der Waals surface area contributed by atoms with E-state index in [-0.39, 0.29) is 6.54 Å². The minimum Gasteiger partial charge on any atom is -0.481 e. The van der Waals surface area contributed by atoms with E-state index in [0.717, 1.165) is 5.39 Å². The monoisotopic (exact) mass is 205 g/mol. The number of carboxylic acids is 1. The SMILES string of the molecule is NCC(C(=O)O)c1c[nH]c2ncccc12. The minimum absolute atomic E-state index is 0.0805. The lowest BCUT2D eigenvalue weighted by atomic mass is 10.00. The van der Waals surface area contributed by atoms with Crippen LogP contribution in [0, 0.1) is 0 Å². The zero-order valence-corrected chi connectivity index (χ0v) is 7.97. The quantitative estimate of drug-likeness (QED) is 0.687. The van der Waals surface area contributed by atoms with E-state index >= 15 is 0 Å². The van der Waals surface area contributed by atoms with Gasteiger partial charge in [0.15, 0.2) is 0 Å². The number of carboxylic acid groups (broad SMARTS) is 1. The van der Waals surface area contributed by atoms with Gasteiger partial charge >= 0.3 is 5.97 Å². The van der Waals surface area contributed by atoms with Crippen LogP contribution in [0.1, 0.15) is 11.5 Å². The number of hydrogen-bond donors (Lipinski definition) is 3. The largest absolute Gasteiger partial charge is 0.481 e. The lowest BCUT2D eigenvalue weighted by Gasteiger charge is -2.07. The van der Waals surface area contributed by atoms with Gasteiger partial charge in [-0.05, 0) is 17.7 Å². The summed E-state index contributed by atoms with van der Waals surface area (Å²) in [4.78, 5) is 18.0. The highest BCUT2D eigenvalue weighted by Crippen LogP contribution is 2.23. The van der Waals surface area contributed by atoms with Crippen molar-refractivity contribution in [1.29, 1.82) is 0 Å². The van der Waals surface area contributed by atoms with Gasteiger partial charge in [0.2, 0.25) is 0 Å². The Morgan fingerprint density at radius 1 is 1.67 bits per heavy atom. The second-order valence-corrected chi connectivity index (χ2v) is 3.27. The fourth-order valence-corrected chi connectivity index (χ4v) is 1.63. The Morgan fingerprint density at radius 2 is 2.47 bits per heavy atom. The van der Waals surface area contributed by atoms with E-state index in [2.05, 4.69) is 9.97 Å². The summed E-state index contributed by atoms with van der Waals surface area (Å²) >= 11 is 0. The third kappa shape index (κ3) is 1.57. The molecule has 0 saturated heterocycles. The zero-order chi connectivity index (χ0) is 10.8. The van der Waals surface area contributed by atoms with Crippen molar-refractivity contribution in [2.75, 3.05) is 6.54 Å². The molecule has 2 rings (SSSR count). The zero-order valence-electron chi connectivity index (χ0n) is 7.97. The van der Waals surface area contributed by atoms with Crippen LogP contribution in [0.3, 0.4) is 0 Å². The van der Waals surface area contributed by atoms with Gasteiger partial charge in [0.1, 0.15) is 5.65 Å². The first-order valence-corrected chi connectivity index (χ1v) is 4.59. The van der Waals surface area contributed by atoms with Crippen molar-refractivity contribution in [3.63, 3.8) is 0 Å². The molecule has 1 unspecified atom stereocenters. The molecule has 0 radical (unpaired) electrons. The van der Waals surface area contributed by atoms with E-state index in [4.69, 9.17) is 10.8 Å². The molecule has 1 atom stereocenters. The van der Waals surface area contributed by atoms with Crippen LogP contribution in [0.2, 0.25) is 0 Å². The summed E-state index contributed by atoms with van der Waals surface area (Å²) in [5.74, 6) is -1.59. The number of nitrogens with zero attached hydrogens (tertiary/aromatic N) is 1. The van der Waals surface area contributed by atoms with Gasteiger partial charge in [-0.2, -0.15) is 0 Å². The molecular formula is C10H11N3O2. The maximum absolute atomic E-state index is 11.0. The van der Waals surface area contributed by atoms with Crippen molar-refractivity contribution in [2.45, 2.75) is 5.92 Å². The highest BCUT2D eigenvalue weighted by Gasteiger charge is 2.21. The topological polar surface area (TPSA) is 92.0 Å². The van der Waals surface area contributed by atoms with E-state index in [1.807, 2.05) is 6.07 Å². The number of fused-ring (bicyclic) bond motifs is 1. The van der Waals surface area contributed by atoms with E-state index < -0.39 is 11.9 Å². The van der Waals surface area contributed by atoms with Crippen molar-refractivity contribution in [3.05, 3.63) is 30.1 Å². The number of aromatic nitrogens is 2. The smallest absolute Gasteiger partial charge is 0.312 e. The van der Waals surface area contributed by atoms with Crippen molar-refractivity contribution >= 4 is 17.0 Å². The fourth-order valence-electron chi connectivity index (χ4n) is 1.63. The molecule has 5 nitrogen and oxygen atoms in total. The Morgan fingerprint density at radius 3 is 3.13 bits per heavy atom. The van der Waals surface area contributed by atoms with Crippen LogP contribution in [-0.4, -0.2) is 27.6 Å². The molecule has 2 aromatic heterocycles. The maximum Gasteiger partial charge on any atom is 0.312 e. The molecule has 0 fully saturated rings. The molecule has 0 aromatic carbocycles. The third-order valence-corrected chi connectivity index (χ3v) is 2.39. The van der Waals surface area contributed by atoms with Gasteiger partial charge in [-0.25, -0.2) is 4.98 Å². The van der Waals surface area contributed by atoms with Crippen molar-refractivity contribution < 1.29 is 9.90 Å². The van der Waals surface area contributed by atoms with Crippen molar-refractivity contribution in [1.82, 2.24) is 9.97 Å². The van der Waals surface area contributed by atoms with E-state index in [1.165, 1.54) is 0 Å². The summed E-state index contributed by atoms with van der Waals surface area (Å²) in [5, 5.41) is 9.81. The molecule has 0 aliphatic carbocycles. The molecule has 78 valence electrons. The number of rotatable bonds is 3. The summed E-state index contributed by atoms with van der Waals surface area (Å²) in [6.07, 6.45) is 3.31. The molecule has 5 heteroatoms. The second kappa shape index (κ2) is 3.70. The Labute approximate surface area is 85.9 Å². The predicted molar refractivity (Wildman–Crippen MR) is 55.5 cm³/mol. The van der Waals surface area contributed by atoms with Crippen LogP contribution < -0.4 is 5.73 Å². The number of aliphatic carboxylic acids is 1. The summed E-state index contributed by atoms with van der Waals surface area (Å²) in [6, 6.07) is 3.61. The van der Waals surface area contributed by atoms with Crippen LogP contribution in [0.15, 0.2) is 24.5 Å². The Bertz CT molecular complexity index is 492. The van der Waals surface area contributed by atoms with Gasteiger partial charge in [0.25, 0.3) is 0 Å². The van der Waals surface area contributed by atoms with E-state index in [1.54, 1.807) is 18.5 Å². The first-order chi connectivity index (χ1) is 7.24. The minimum atomic E-state index is -0.915. The first kappa shape index (κ1) is 9.67. The Balaban J connectivity index is 2.55. The van der Waals surface area contributed by atoms with Crippen LogP contribution >= 0.6 is 0 Å². The molecule has 0 saturated carbocycles. The number of carbonyl (C=O) groups is 1. The normalized spacial score (nSPS) is 12.9. The highest BCUT2D eigenvalue weighted by molar-refractivity contribution is 5.87. The summed E-state index contributed by atoms with van der Waals surface area (Å²) in [6.45, 7) is 0.0805. The molecule has 0 aliphatic heterocycles. The third-order valence-electron chi connectivity index (χ3n) is 2.39. The Kier molecular flexibility index (Phi) is 2.39. The number of aromatic amines is 1. The summed E-state index contributed by atoms with van der Waals surface area (Å²) < 4.78 is 0. The van der Waals surface area contributed by atoms with E-state index in [9.17, 15) is 4.79 Å². The highest BCUT2D eigenvalue weighted by atomic mass is 16.4. The standard InChI is InChI=1S/C10H11N3O2/c11-4-7(10(14)15)8-5-13-9-6(8)2-1-3-12-9/h1-3,5,7H,4,11H2,(H,12,13)(H,14,15). The van der Waals surface area contributed by atoms with Crippen molar-refractivity contribution in [3.8, 4) is 0 Å². The average Bonchev–Trinajstić information content (AvgIpc) is 2.63. The van der Waals surface area contributed by atoms with Gasteiger partial charge in [0, 0.05) is 24.3 Å². The summed E-state index contributed by atoms with van der Waals surface area (Å²) in [7, 11) is 0. The molecule has 2 heterocycles. The van der Waals surface area contributed by atoms with Crippen molar-refractivity contribution in [2.24, 2.45) is 5.73 Å². The molecule has 0 bridgehead atoms. The van der Waals surface area contributed by atoms with Crippen LogP contribution in [0.5, 0.6) is 0 Å². The number of hydrogen-bond acceptors (Lipinski definition) is 3. The molecule has 2 aromatic rings. The van der Waals surface area contributed by atoms with Crippen LogP contribution in [0.4, 0.5) is 0 Å². The molecular weight excluding hydrogens is 194 g/mol. The predicted octanol–water partition coefficient (Wildman–Crippen LogP) is 0.690. The van der Waals surface area contributed by atoms with Gasteiger partial charge < -0.3 is 15.8 Å². The average molecular weight is 205 g/mol. The number of H-pyrrole nitrogens is 1. The molecule has 0 spiro atoms. The molecule has 0 amide bonds. The van der Waals surface area contributed by atoms with Gasteiger partial charge in [-0.1, -0.05) is 0 Å². The first-order valence-electron chi connectivity index (χ1n) is 4.59.